The van der Waals surface area contributed by atoms with Crippen molar-refractivity contribution in [1.82, 2.24) is 10.6 Å². The summed E-state index contributed by atoms with van der Waals surface area (Å²) in [5.74, 6) is -0.704. The first-order valence-corrected chi connectivity index (χ1v) is 9.03. The van der Waals surface area contributed by atoms with Crippen LogP contribution in [0, 0.1) is 0 Å². The second-order valence-electron chi connectivity index (χ2n) is 5.11. The molecule has 4 amide bonds. The fraction of sp³-hybridized carbons (Fsp3) is 0.188. The van der Waals surface area contributed by atoms with E-state index in [9.17, 15) is 14.4 Å². The number of halogens is 1. The van der Waals surface area contributed by atoms with Crippen LogP contribution in [0.3, 0.4) is 0 Å². The lowest BCUT2D eigenvalue weighted by Crippen LogP contribution is -2.38. The average Bonchev–Trinajstić information content (AvgIpc) is 3.08. The number of benzene rings is 1. The first-order chi connectivity index (χ1) is 11.9. The van der Waals surface area contributed by atoms with Crippen LogP contribution in [0.1, 0.15) is 17.3 Å². The van der Waals surface area contributed by atoms with Gasteiger partial charge in [-0.05, 0) is 35.7 Å². The molecular weight excluding hydrogens is 408 g/mol. The van der Waals surface area contributed by atoms with Crippen molar-refractivity contribution in [3.05, 3.63) is 51.1 Å². The number of primary amides is 1. The third-order valence-corrected chi connectivity index (χ3v) is 4.68. The quantitative estimate of drug-likeness (QED) is 0.546. The van der Waals surface area contributed by atoms with Crippen LogP contribution in [0.25, 0.3) is 0 Å². The second-order valence-corrected chi connectivity index (χ2v) is 7.01. The van der Waals surface area contributed by atoms with E-state index in [0.29, 0.717) is 5.69 Å². The number of nitrogens with two attached hydrogens (primary N) is 1. The molecule has 0 saturated carbocycles. The summed E-state index contributed by atoms with van der Waals surface area (Å²) in [4.78, 5) is 35.8. The van der Waals surface area contributed by atoms with Gasteiger partial charge in [0, 0.05) is 15.0 Å². The van der Waals surface area contributed by atoms with Crippen molar-refractivity contribution in [1.29, 1.82) is 0 Å². The fourth-order valence-corrected chi connectivity index (χ4v) is 3.10. The zero-order valence-corrected chi connectivity index (χ0v) is 15.5. The van der Waals surface area contributed by atoms with Crippen LogP contribution in [-0.2, 0) is 9.59 Å². The van der Waals surface area contributed by atoms with Crippen LogP contribution in [0.4, 0.5) is 10.5 Å². The van der Waals surface area contributed by atoms with Crippen LogP contribution in [0.2, 0.25) is 0 Å². The van der Waals surface area contributed by atoms with Gasteiger partial charge in [-0.15, -0.1) is 11.3 Å². The van der Waals surface area contributed by atoms with Gasteiger partial charge in [0.05, 0.1) is 19.0 Å². The Kier molecular flexibility index (Phi) is 6.96. The van der Waals surface area contributed by atoms with E-state index in [2.05, 4.69) is 31.9 Å². The summed E-state index contributed by atoms with van der Waals surface area (Å²) >= 11 is 4.72. The van der Waals surface area contributed by atoms with Crippen LogP contribution >= 0.6 is 27.3 Å². The Morgan fingerprint density at radius 3 is 2.44 bits per heavy atom. The Hall–Kier alpha value is -2.39. The highest BCUT2D eigenvalue weighted by Gasteiger charge is 2.18. The van der Waals surface area contributed by atoms with Gasteiger partial charge in [-0.1, -0.05) is 22.0 Å². The van der Waals surface area contributed by atoms with Crippen molar-refractivity contribution in [2.75, 3.05) is 11.9 Å². The van der Waals surface area contributed by atoms with Gasteiger partial charge in [0.25, 0.3) is 0 Å². The maximum Gasteiger partial charge on any atom is 0.312 e. The third kappa shape index (κ3) is 6.55. The summed E-state index contributed by atoms with van der Waals surface area (Å²) in [5.41, 5.74) is 5.78. The van der Waals surface area contributed by atoms with E-state index in [-0.39, 0.29) is 24.8 Å². The summed E-state index contributed by atoms with van der Waals surface area (Å²) in [7, 11) is 0. The standard InChI is InChI=1S/C16H17BrN4O3S/c17-10-3-5-11(6-4-10)20-15(23)9-19-14(22)8-12(21-16(18)24)13-2-1-7-25-13/h1-7,12H,8-9H2,(H,19,22)(H,20,23)(H3,18,21,24). The van der Waals surface area contributed by atoms with Gasteiger partial charge in [0.15, 0.2) is 0 Å². The zero-order chi connectivity index (χ0) is 18.2. The molecule has 7 nitrogen and oxygen atoms in total. The summed E-state index contributed by atoms with van der Waals surface area (Å²) in [6.45, 7) is -0.164. The van der Waals surface area contributed by atoms with Crippen molar-refractivity contribution in [3.63, 3.8) is 0 Å². The Balaban J connectivity index is 1.82. The van der Waals surface area contributed by atoms with Crippen molar-refractivity contribution < 1.29 is 14.4 Å². The molecule has 0 aliphatic rings. The number of urea groups is 1. The molecule has 1 aromatic heterocycles. The Morgan fingerprint density at radius 2 is 1.84 bits per heavy atom. The number of rotatable bonds is 7. The molecular formula is C16H17BrN4O3S. The Bertz CT molecular complexity index is 734. The molecule has 0 saturated heterocycles. The van der Waals surface area contributed by atoms with Crippen molar-refractivity contribution in [2.45, 2.75) is 12.5 Å². The van der Waals surface area contributed by atoms with E-state index >= 15 is 0 Å². The van der Waals surface area contributed by atoms with Gasteiger partial charge >= 0.3 is 6.03 Å². The first kappa shape index (κ1) is 18.9. The third-order valence-electron chi connectivity index (χ3n) is 3.17. The van der Waals surface area contributed by atoms with Gasteiger partial charge in [-0.3, -0.25) is 9.59 Å². The van der Waals surface area contributed by atoms with Gasteiger partial charge in [0.2, 0.25) is 11.8 Å². The monoisotopic (exact) mass is 424 g/mol. The molecule has 5 N–H and O–H groups in total. The molecule has 0 radical (unpaired) electrons. The number of nitrogens with one attached hydrogen (secondary N) is 3. The molecule has 0 aliphatic heterocycles. The lowest BCUT2D eigenvalue weighted by molar-refractivity contribution is -0.124. The predicted octanol–water partition coefficient (Wildman–Crippen LogP) is 2.37. The first-order valence-electron chi connectivity index (χ1n) is 7.35. The number of amides is 4. The van der Waals surface area contributed by atoms with Crippen LogP contribution in [0.15, 0.2) is 46.3 Å². The van der Waals surface area contributed by atoms with Gasteiger partial charge in [0.1, 0.15) is 0 Å². The van der Waals surface area contributed by atoms with Crippen molar-refractivity contribution >= 4 is 50.8 Å². The molecule has 1 heterocycles. The number of thiophene rings is 1. The molecule has 1 unspecified atom stereocenters. The lowest BCUT2D eigenvalue weighted by atomic mass is 10.1. The summed E-state index contributed by atoms with van der Waals surface area (Å²) in [6.07, 6.45) is -0.00494. The summed E-state index contributed by atoms with van der Waals surface area (Å²) in [5, 5.41) is 9.58. The van der Waals surface area contributed by atoms with Crippen molar-refractivity contribution in [2.24, 2.45) is 5.73 Å². The van der Waals surface area contributed by atoms with Gasteiger partial charge in [-0.25, -0.2) is 4.79 Å². The Morgan fingerprint density at radius 1 is 1.12 bits per heavy atom. The summed E-state index contributed by atoms with van der Waals surface area (Å²) in [6, 6.07) is 9.48. The topological polar surface area (TPSA) is 113 Å². The molecule has 132 valence electrons. The van der Waals surface area contributed by atoms with Gasteiger partial charge < -0.3 is 21.7 Å². The molecule has 0 fully saturated rings. The molecule has 9 heteroatoms. The second kappa shape index (κ2) is 9.19. The highest BCUT2D eigenvalue weighted by Crippen LogP contribution is 2.21. The number of hydrogen-bond acceptors (Lipinski definition) is 4. The van der Waals surface area contributed by atoms with Gasteiger partial charge in [-0.2, -0.15) is 0 Å². The summed E-state index contributed by atoms with van der Waals surface area (Å²) < 4.78 is 0.903. The maximum absolute atomic E-state index is 12.0. The molecule has 1 atom stereocenters. The SMILES string of the molecule is NC(=O)NC(CC(=O)NCC(=O)Nc1ccc(Br)cc1)c1cccs1. The molecule has 2 rings (SSSR count). The highest BCUT2D eigenvalue weighted by atomic mass is 79.9. The normalized spacial score (nSPS) is 11.4. The zero-order valence-electron chi connectivity index (χ0n) is 13.1. The molecule has 0 spiro atoms. The number of carbonyl (C=O) groups excluding carboxylic acids is 3. The van der Waals surface area contributed by atoms with E-state index in [4.69, 9.17) is 5.73 Å². The van der Waals surface area contributed by atoms with E-state index in [1.54, 1.807) is 30.3 Å². The van der Waals surface area contributed by atoms with E-state index in [0.717, 1.165) is 9.35 Å². The molecule has 0 aliphatic carbocycles. The van der Waals surface area contributed by atoms with Crippen LogP contribution < -0.4 is 21.7 Å². The fourth-order valence-electron chi connectivity index (χ4n) is 2.06. The van der Waals surface area contributed by atoms with E-state index in [1.807, 2.05) is 11.4 Å². The molecule has 2 aromatic rings. The Labute approximate surface area is 157 Å². The van der Waals surface area contributed by atoms with Crippen molar-refractivity contribution in [3.8, 4) is 0 Å². The smallest absolute Gasteiger partial charge is 0.312 e. The minimum Gasteiger partial charge on any atom is -0.352 e. The van der Waals surface area contributed by atoms with E-state index < -0.39 is 12.1 Å². The number of carbonyl (C=O) groups is 3. The maximum atomic E-state index is 12.0. The molecule has 25 heavy (non-hydrogen) atoms. The lowest BCUT2D eigenvalue weighted by Gasteiger charge is -2.15. The number of anilines is 1. The van der Waals surface area contributed by atoms with E-state index in [1.165, 1.54) is 11.3 Å². The minimum atomic E-state index is -0.709. The molecule has 0 bridgehead atoms. The van der Waals surface area contributed by atoms with Crippen LogP contribution in [-0.4, -0.2) is 24.4 Å². The predicted molar refractivity (Wildman–Crippen MR) is 100 cm³/mol. The molecule has 1 aromatic carbocycles. The highest BCUT2D eigenvalue weighted by molar-refractivity contribution is 9.10. The minimum absolute atomic E-state index is 0.00494. The van der Waals surface area contributed by atoms with Crippen LogP contribution in [0.5, 0.6) is 0 Å². The largest absolute Gasteiger partial charge is 0.352 e. The number of hydrogen-bond donors (Lipinski definition) is 4. The average molecular weight is 425 g/mol.